The Labute approximate surface area is 133 Å². The van der Waals surface area contributed by atoms with Crippen LogP contribution in [0, 0.1) is 5.82 Å². The molecule has 6 heteroatoms. The van der Waals surface area contributed by atoms with Crippen LogP contribution in [-0.4, -0.2) is 17.7 Å². The van der Waals surface area contributed by atoms with Crippen molar-refractivity contribution >= 4 is 11.7 Å². The number of hydrogen-bond acceptors (Lipinski definition) is 3. The van der Waals surface area contributed by atoms with E-state index >= 15 is 0 Å². The Bertz CT molecular complexity index is 721. The normalized spacial score (nSPS) is 14.2. The van der Waals surface area contributed by atoms with Crippen molar-refractivity contribution in [3.8, 4) is 0 Å². The first-order valence-electron chi connectivity index (χ1n) is 7.30. The van der Waals surface area contributed by atoms with Crippen LogP contribution in [0.5, 0.6) is 0 Å². The molecule has 0 spiro atoms. The highest BCUT2D eigenvalue weighted by atomic mass is 19.1. The Kier molecular flexibility index (Phi) is 4.55. The van der Waals surface area contributed by atoms with E-state index in [1.165, 1.54) is 12.1 Å². The minimum Gasteiger partial charge on any atom is -0.386 e. The first-order valence-corrected chi connectivity index (χ1v) is 7.30. The van der Waals surface area contributed by atoms with Crippen molar-refractivity contribution in [3.63, 3.8) is 0 Å². The van der Waals surface area contributed by atoms with Crippen LogP contribution < -0.4 is 10.6 Å². The van der Waals surface area contributed by atoms with Crippen molar-refractivity contribution in [1.82, 2.24) is 5.32 Å². The van der Waals surface area contributed by atoms with E-state index in [0.29, 0.717) is 18.9 Å². The summed E-state index contributed by atoms with van der Waals surface area (Å²) in [6, 6.07) is 11.0. The van der Waals surface area contributed by atoms with Gasteiger partial charge < -0.3 is 20.5 Å². The summed E-state index contributed by atoms with van der Waals surface area (Å²) >= 11 is 0. The molecule has 3 N–H and O–H groups in total. The monoisotopic (exact) mass is 316 g/mol. The largest absolute Gasteiger partial charge is 0.386 e. The third kappa shape index (κ3) is 3.67. The van der Waals surface area contributed by atoms with Crippen LogP contribution in [0.2, 0.25) is 0 Å². The predicted octanol–water partition coefficient (Wildman–Crippen LogP) is 2.71. The van der Waals surface area contributed by atoms with Crippen molar-refractivity contribution in [2.75, 3.05) is 11.9 Å². The molecule has 0 saturated carbocycles. The van der Waals surface area contributed by atoms with Gasteiger partial charge in [0.1, 0.15) is 5.82 Å². The van der Waals surface area contributed by atoms with Gasteiger partial charge in [-0.15, -0.1) is 0 Å². The molecule has 1 aliphatic heterocycles. The molecule has 2 amide bonds. The van der Waals surface area contributed by atoms with E-state index in [-0.39, 0.29) is 12.1 Å². The molecular weight excluding hydrogens is 299 g/mol. The molecule has 0 aromatic heterocycles. The molecule has 1 atom stereocenters. The molecular formula is C17H17FN2O3. The lowest BCUT2D eigenvalue weighted by Gasteiger charge is -2.14. The van der Waals surface area contributed by atoms with Gasteiger partial charge in [-0.05, 0) is 29.3 Å². The maximum atomic E-state index is 13.5. The molecule has 5 nitrogen and oxygen atoms in total. The van der Waals surface area contributed by atoms with Crippen molar-refractivity contribution in [2.24, 2.45) is 0 Å². The summed E-state index contributed by atoms with van der Waals surface area (Å²) in [5.41, 5.74) is 2.97. The van der Waals surface area contributed by atoms with Crippen LogP contribution >= 0.6 is 0 Å². The number of carbonyl (C=O) groups excluding carboxylic acids is 1. The van der Waals surface area contributed by atoms with Crippen LogP contribution in [-0.2, 0) is 18.0 Å². The minimum absolute atomic E-state index is 0.0825. The molecule has 120 valence electrons. The second-order valence-electron chi connectivity index (χ2n) is 5.35. The van der Waals surface area contributed by atoms with Gasteiger partial charge in [-0.25, -0.2) is 9.18 Å². The average molecular weight is 316 g/mol. The van der Waals surface area contributed by atoms with Gasteiger partial charge in [0.2, 0.25) is 0 Å². The second kappa shape index (κ2) is 6.76. The minimum atomic E-state index is -1.10. The van der Waals surface area contributed by atoms with Crippen molar-refractivity contribution in [2.45, 2.75) is 19.3 Å². The Morgan fingerprint density at radius 1 is 1.22 bits per heavy atom. The van der Waals surface area contributed by atoms with Gasteiger partial charge in [0.05, 0.1) is 19.3 Å². The second-order valence-corrected chi connectivity index (χ2v) is 5.35. The summed E-state index contributed by atoms with van der Waals surface area (Å²) in [4.78, 5) is 11.9. The predicted molar refractivity (Wildman–Crippen MR) is 83.3 cm³/mol. The number of ether oxygens (including phenoxy) is 1. The number of rotatable bonds is 4. The number of aliphatic hydroxyl groups is 1. The number of aliphatic hydroxyl groups excluding tert-OH is 1. The molecule has 3 rings (SSSR count). The fourth-order valence-electron chi connectivity index (χ4n) is 2.47. The Hall–Kier alpha value is -2.44. The van der Waals surface area contributed by atoms with E-state index in [0.717, 1.165) is 11.1 Å². The standard InChI is InChI=1S/C17H17FN2O3/c18-15-4-2-1-3-14(15)16(21)8-19-17(22)20-13-6-5-11-9-23-10-12(11)7-13/h1-7,16,21H,8-10H2,(H2,19,20,22). The van der Waals surface area contributed by atoms with Crippen molar-refractivity contribution in [1.29, 1.82) is 0 Å². The van der Waals surface area contributed by atoms with Crippen molar-refractivity contribution < 1.29 is 19.0 Å². The van der Waals surface area contributed by atoms with E-state index in [1.807, 2.05) is 12.1 Å². The maximum absolute atomic E-state index is 13.5. The zero-order valence-electron chi connectivity index (χ0n) is 12.4. The zero-order chi connectivity index (χ0) is 16.2. The van der Waals surface area contributed by atoms with Gasteiger partial charge in [-0.3, -0.25) is 0 Å². The lowest BCUT2D eigenvalue weighted by Crippen LogP contribution is -2.32. The number of hydrogen-bond donors (Lipinski definition) is 3. The summed E-state index contributed by atoms with van der Waals surface area (Å²) in [5.74, 6) is -0.499. The van der Waals surface area contributed by atoms with Gasteiger partial charge in [0.15, 0.2) is 0 Å². The third-order valence-electron chi connectivity index (χ3n) is 3.70. The van der Waals surface area contributed by atoms with Crippen LogP contribution in [0.1, 0.15) is 22.8 Å². The first kappa shape index (κ1) is 15.5. The Morgan fingerprint density at radius 2 is 2.00 bits per heavy atom. The molecule has 2 aromatic rings. The number of fused-ring (bicyclic) bond motifs is 1. The van der Waals surface area contributed by atoms with E-state index in [4.69, 9.17) is 4.74 Å². The topological polar surface area (TPSA) is 70.6 Å². The molecule has 1 heterocycles. The SMILES string of the molecule is O=C(NCC(O)c1ccccc1F)Nc1ccc2c(c1)COC2. The third-order valence-corrected chi connectivity index (χ3v) is 3.70. The molecule has 0 radical (unpaired) electrons. The summed E-state index contributed by atoms with van der Waals surface area (Å²) in [7, 11) is 0. The van der Waals surface area contributed by atoms with Gasteiger partial charge in [0, 0.05) is 17.8 Å². The summed E-state index contributed by atoms with van der Waals surface area (Å²) in [5, 5.41) is 15.2. The highest BCUT2D eigenvalue weighted by Crippen LogP contribution is 2.23. The lowest BCUT2D eigenvalue weighted by molar-refractivity contribution is 0.134. The summed E-state index contributed by atoms with van der Waals surface area (Å²) in [6.45, 7) is 1.05. The first-order chi connectivity index (χ1) is 11.1. The lowest BCUT2D eigenvalue weighted by atomic mass is 10.1. The fraction of sp³-hybridized carbons (Fsp3) is 0.235. The molecule has 0 aliphatic carbocycles. The number of urea groups is 1. The summed E-state index contributed by atoms with van der Waals surface area (Å²) in [6.07, 6.45) is -1.10. The number of halogens is 1. The molecule has 0 saturated heterocycles. The van der Waals surface area contributed by atoms with Crippen LogP contribution in [0.25, 0.3) is 0 Å². The van der Waals surface area contributed by atoms with Crippen LogP contribution in [0.3, 0.4) is 0 Å². The molecule has 0 fully saturated rings. The van der Waals surface area contributed by atoms with E-state index < -0.39 is 18.0 Å². The number of amides is 2. The number of carbonyl (C=O) groups is 1. The molecule has 23 heavy (non-hydrogen) atoms. The number of benzene rings is 2. The van der Waals surface area contributed by atoms with Crippen LogP contribution in [0.15, 0.2) is 42.5 Å². The molecule has 1 aliphatic rings. The van der Waals surface area contributed by atoms with Gasteiger partial charge in [-0.1, -0.05) is 24.3 Å². The van der Waals surface area contributed by atoms with Crippen molar-refractivity contribution in [3.05, 3.63) is 65.0 Å². The number of nitrogens with one attached hydrogen (secondary N) is 2. The van der Waals surface area contributed by atoms with E-state index in [9.17, 15) is 14.3 Å². The molecule has 2 aromatic carbocycles. The highest BCUT2D eigenvalue weighted by molar-refractivity contribution is 5.89. The highest BCUT2D eigenvalue weighted by Gasteiger charge is 2.14. The van der Waals surface area contributed by atoms with Gasteiger partial charge in [-0.2, -0.15) is 0 Å². The van der Waals surface area contributed by atoms with Gasteiger partial charge in [0.25, 0.3) is 0 Å². The Morgan fingerprint density at radius 3 is 2.83 bits per heavy atom. The molecule has 1 unspecified atom stereocenters. The fourth-order valence-corrected chi connectivity index (χ4v) is 2.47. The molecule has 0 bridgehead atoms. The number of anilines is 1. The van der Waals surface area contributed by atoms with Gasteiger partial charge >= 0.3 is 6.03 Å². The quantitative estimate of drug-likeness (QED) is 0.812. The average Bonchev–Trinajstić information content (AvgIpc) is 3.01. The smallest absolute Gasteiger partial charge is 0.319 e. The zero-order valence-corrected chi connectivity index (χ0v) is 12.4. The maximum Gasteiger partial charge on any atom is 0.319 e. The Balaban J connectivity index is 1.54. The van der Waals surface area contributed by atoms with Crippen LogP contribution in [0.4, 0.5) is 14.9 Å². The summed E-state index contributed by atoms with van der Waals surface area (Å²) < 4.78 is 18.9. The van der Waals surface area contributed by atoms with E-state index in [1.54, 1.807) is 18.2 Å². The van der Waals surface area contributed by atoms with E-state index in [2.05, 4.69) is 10.6 Å².